The molecule has 20 heavy (non-hydrogen) atoms. The van der Waals surface area contributed by atoms with Crippen LogP contribution in [0, 0.1) is 5.82 Å². The van der Waals surface area contributed by atoms with Gasteiger partial charge in [-0.2, -0.15) is 4.31 Å². The molecular weight excluding hydrogens is 303 g/mol. The second-order valence-electron chi connectivity index (χ2n) is 4.18. The monoisotopic (exact) mass is 314 g/mol. The van der Waals surface area contributed by atoms with E-state index >= 15 is 0 Å². The van der Waals surface area contributed by atoms with Crippen LogP contribution in [0.15, 0.2) is 47.6 Å². The van der Waals surface area contributed by atoms with Gasteiger partial charge in [0.25, 0.3) is 10.0 Å². The van der Waals surface area contributed by atoms with Crippen LogP contribution in [-0.4, -0.2) is 24.8 Å². The van der Waals surface area contributed by atoms with Crippen molar-refractivity contribution in [3.8, 4) is 0 Å². The molecule has 1 heterocycles. The molecule has 0 N–H and O–H groups in total. The van der Waals surface area contributed by atoms with E-state index in [2.05, 4.69) is 4.98 Å². The molecule has 0 atom stereocenters. The Morgan fingerprint density at radius 1 is 1.30 bits per heavy atom. The molecule has 0 radical (unpaired) electrons. The minimum absolute atomic E-state index is 0.0822. The van der Waals surface area contributed by atoms with Crippen molar-refractivity contribution < 1.29 is 12.8 Å². The highest BCUT2D eigenvalue weighted by atomic mass is 35.5. The molecule has 4 nitrogen and oxygen atoms in total. The van der Waals surface area contributed by atoms with Crippen molar-refractivity contribution in [3.63, 3.8) is 0 Å². The Labute approximate surface area is 121 Å². The van der Waals surface area contributed by atoms with Gasteiger partial charge < -0.3 is 0 Å². The smallest absolute Gasteiger partial charge is 0.241 e. The average Bonchev–Trinajstić information content (AvgIpc) is 2.39. The maximum atomic E-state index is 13.6. The number of aromatic nitrogens is 1. The first kappa shape index (κ1) is 14.9. The Morgan fingerprint density at radius 2 is 2.05 bits per heavy atom. The summed E-state index contributed by atoms with van der Waals surface area (Å²) in [5, 5.41) is -0.0677. The molecule has 2 aromatic rings. The van der Waals surface area contributed by atoms with Gasteiger partial charge in [-0.1, -0.05) is 23.7 Å². The van der Waals surface area contributed by atoms with Gasteiger partial charge in [0, 0.05) is 24.8 Å². The molecule has 7 heteroatoms. The van der Waals surface area contributed by atoms with Crippen LogP contribution in [0.4, 0.5) is 4.39 Å². The van der Waals surface area contributed by atoms with Gasteiger partial charge in [-0.05, 0) is 29.8 Å². The summed E-state index contributed by atoms with van der Waals surface area (Å²) >= 11 is 5.84. The summed E-state index contributed by atoms with van der Waals surface area (Å²) in [6.07, 6.45) is 1.24. The van der Waals surface area contributed by atoms with Gasteiger partial charge in [-0.25, -0.2) is 17.8 Å². The fourth-order valence-corrected chi connectivity index (χ4v) is 3.02. The zero-order valence-electron chi connectivity index (χ0n) is 10.6. The van der Waals surface area contributed by atoms with E-state index in [1.165, 1.54) is 19.3 Å². The molecule has 0 bridgehead atoms. The largest absolute Gasteiger partial charge is 0.263 e. The van der Waals surface area contributed by atoms with Crippen LogP contribution < -0.4 is 0 Å². The predicted molar refractivity (Wildman–Crippen MR) is 74.3 cm³/mol. The van der Waals surface area contributed by atoms with Crippen molar-refractivity contribution in [2.24, 2.45) is 0 Å². The summed E-state index contributed by atoms with van der Waals surface area (Å²) in [6, 6.07) is 9.21. The van der Waals surface area contributed by atoms with Gasteiger partial charge >= 0.3 is 0 Å². The SMILES string of the molecule is CN(Cc1cccc(Cl)c1)S(=O)(=O)c1ncccc1F. The lowest BCUT2D eigenvalue weighted by Gasteiger charge is -2.17. The van der Waals surface area contributed by atoms with E-state index in [0.717, 1.165) is 10.4 Å². The summed E-state index contributed by atoms with van der Waals surface area (Å²) in [5.74, 6) is -0.870. The molecule has 0 aliphatic rings. The van der Waals surface area contributed by atoms with Crippen LogP contribution in [0.25, 0.3) is 0 Å². The van der Waals surface area contributed by atoms with Gasteiger partial charge in [0.1, 0.15) is 0 Å². The number of nitrogens with zero attached hydrogens (tertiary/aromatic N) is 2. The maximum Gasteiger partial charge on any atom is 0.263 e. The number of rotatable bonds is 4. The first-order valence-electron chi connectivity index (χ1n) is 5.72. The predicted octanol–water partition coefficient (Wildman–Crippen LogP) is 2.69. The lowest BCUT2D eigenvalue weighted by atomic mass is 10.2. The van der Waals surface area contributed by atoms with Crippen LogP contribution in [0.5, 0.6) is 0 Å². The van der Waals surface area contributed by atoms with Crippen LogP contribution in [0.2, 0.25) is 5.02 Å². The van der Waals surface area contributed by atoms with Gasteiger partial charge in [-0.3, -0.25) is 0 Å². The molecule has 0 aliphatic heterocycles. The van der Waals surface area contributed by atoms with Crippen molar-refractivity contribution >= 4 is 21.6 Å². The van der Waals surface area contributed by atoms with E-state index in [1.807, 2.05) is 0 Å². The van der Waals surface area contributed by atoms with E-state index in [-0.39, 0.29) is 6.54 Å². The fourth-order valence-electron chi connectivity index (χ4n) is 1.69. The summed E-state index contributed by atoms with van der Waals surface area (Å²) in [5.41, 5.74) is 0.708. The molecular formula is C13H12ClFN2O2S. The number of hydrogen-bond acceptors (Lipinski definition) is 3. The Kier molecular flexibility index (Phi) is 4.37. The molecule has 0 amide bonds. The number of sulfonamides is 1. The fraction of sp³-hybridized carbons (Fsp3) is 0.154. The lowest BCUT2D eigenvalue weighted by Crippen LogP contribution is -2.28. The molecule has 0 fully saturated rings. The number of benzene rings is 1. The Bertz CT molecular complexity index is 722. The van der Waals surface area contributed by atoms with E-state index in [9.17, 15) is 12.8 Å². The first-order valence-corrected chi connectivity index (χ1v) is 7.54. The van der Waals surface area contributed by atoms with Crippen molar-refractivity contribution in [2.45, 2.75) is 11.6 Å². The summed E-state index contributed by atoms with van der Waals surface area (Å²) in [6.45, 7) is 0.0822. The Balaban J connectivity index is 2.29. The summed E-state index contributed by atoms with van der Waals surface area (Å²) in [4.78, 5) is 3.60. The number of pyridine rings is 1. The third kappa shape index (κ3) is 3.15. The number of halogens is 2. The molecule has 106 valence electrons. The van der Waals surface area contributed by atoms with E-state index in [1.54, 1.807) is 24.3 Å². The minimum atomic E-state index is -3.98. The molecule has 2 rings (SSSR count). The average molecular weight is 315 g/mol. The quantitative estimate of drug-likeness (QED) is 0.872. The first-order chi connectivity index (χ1) is 9.41. The van der Waals surface area contributed by atoms with Gasteiger partial charge in [0.05, 0.1) is 0 Å². The molecule has 1 aromatic heterocycles. The second kappa shape index (κ2) is 5.87. The highest BCUT2D eigenvalue weighted by Crippen LogP contribution is 2.18. The van der Waals surface area contributed by atoms with E-state index in [0.29, 0.717) is 10.6 Å². The van der Waals surface area contributed by atoms with Crippen molar-refractivity contribution in [1.29, 1.82) is 0 Å². The van der Waals surface area contributed by atoms with Crippen molar-refractivity contribution in [3.05, 3.63) is 59.0 Å². The summed E-state index contributed by atoms with van der Waals surface area (Å²) < 4.78 is 39.1. The van der Waals surface area contributed by atoms with Crippen molar-refractivity contribution in [2.75, 3.05) is 7.05 Å². The molecule has 0 saturated heterocycles. The zero-order chi connectivity index (χ0) is 14.8. The van der Waals surface area contributed by atoms with Crippen LogP contribution >= 0.6 is 11.6 Å². The maximum absolute atomic E-state index is 13.6. The number of hydrogen-bond donors (Lipinski definition) is 0. The Hall–Kier alpha value is -1.50. The highest BCUT2D eigenvalue weighted by Gasteiger charge is 2.25. The molecule has 1 aromatic carbocycles. The highest BCUT2D eigenvalue weighted by molar-refractivity contribution is 7.89. The molecule has 0 spiro atoms. The topological polar surface area (TPSA) is 50.3 Å². The van der Waals surface area contributed by atoms with E-state index < -0.39 is 20.9 Å². The van der Waals surface area contributed by atoms with E-state index in [4.69, 9.17) is 11.6 Å². The van der Waals surface area contributed by atoms with Crippen LogP contribution in [0.1, 0.15) is 5.56 Å². The normalized spacial score (nSPS) is 11.8. The molecule has 0 aliphatic carbocycles. The standard InChI is InChI=1S/C13H12ClFN2O2S/c1-17(9-10-4-2-5-11(14)8-10)20(18,19)13-12(15)6-3-7-16-13/h2-8H,9H2,1H3. The second-order valence-corrected chi connectivity index (χ2v) is 6.58. The van der Waals surface area contributed by atoms with Crippen molar-refractivity contribution in [1.82, 2.24) is 9.29 Å². The third-order valence-corrected chi connectivity index (χ3v) is 4.65. The Morgan fingerprint density at radius 3 is 2.70 bits per heavy atom. The third-order valence-electron chi connectivity index (χ3n) is 2.67. The summed E-state index contributed by atoms with van der Waals surface area (Å²) in [7, 11) is -2.61. The molecule has 0 saturated carbocycles. The van der Waals surface area contributed by atoms with Gasteiger partial charge in [-0.15, -0.1) is 0 Å². The minimum Gasteiger partial charge on any atom is -0.241 e. The van der Waals surface area contributed by atoms with Gasteiger partial charge in [0.15, 0.2) is 5.82 Å². The molecule has 0 unspecified atom stereocenters. The van der Waals surface area contributed by atoms with Gasteiger partial charge in [0.2, 0.25) is 5.03 Å². The lowest BCUT2D eigenvalue weighted by molar-refractivity contribution is 0.454. The zero-order valence-corrected chi connectivity index (χ0v) is 12.2. The van der Waals surface area contributed by atoms with Crippen LogP contribution in [0.3, 0.4) is 0 Å². The van der Waals surface area contributed by atoms with Crippen LogP contribution in [-0.2, 0) is 16.6 Å².